The van der Waals surface area contributed by atoms with Gasteiger partial charge in [-0.2, -0.15) is 4.68 Å². The number of ether oxygens (including phenoxy) is 2. The number of anilines is 2. The van der Waals surface area contributed by atoms with Crippen molar-refractivity contribution in [1.82, 2.24) is 20.2 Å². The number of tetrazole rings is 1. The minimum atomic E-state index is -0.618. The number of hydrogen-bond donors (Lipinski definition) is 2. The lowest BCUT2D eigenvalue weighted by atomic mass is 9.94. The molecule has 0 radical (unpaired) electrons. The predicted octanol–water partition coefficient (Wildman–Crippen LogP) is 6.49. The van der Waals surface area contributed by atoms with Crippen LogP contribution in [0.2, 0.25) is 0 Å². The Balaban J connectivity index is 1.52. The smallest absolute Gasteiger partial charge is 0.255 e. The van der Waals surface area contributed by atoms with E-state index in [2.05, 4.69) is 75.0 Å². The second kappa shape index (κ2) is 11.4. The number of nitrogens with one attached hydrogen (secondary N) is 2. The molecule has 1 aliphatic heterocycles. The van der Waals surface area contributed by atoms with Crippen molar-refractivity contribution in [2.45, 2.75) is 54.2 Å². The van der Waals surface area contributed by atoms with E-state index in [1.807, 2.05) is 51.1 Å². The molecule has 0 spiro atoms. The topological polar surface area (TPSA) is 103 Å². The van der Waals surface area contributed by atoms with Gasteiger partial charge < -0.3 is 20.1 Å². The summed E-state index contributed by atoms with van der Waals surface area (Å²) in [5.74, 6) is 1.28. The second-order valence-electron chi connectivity index (χ2n) is 10.4. The Morgan fingerprint density at radius 2 is 1.78 bits per heavy atom. The van der Waals surface area contributed by atoms with Crippen molar-refractivity contribution < 1.29 is 14.3 Å². The summed E-state index contributed by atoms with van der Waals surface area (Å²) in [6, 6.07) is 13.3. The van der Waals surface area contributed by atoms with E-state index >= 15 is 0 Å². The van der Waals surface area contributed by atoms with Crippen LogP contribution in [-0.4, -0.2) is 33.2 Å². The molecule has 212 valence electrons. The quantitative estimate of drug-likeness (QED) is 0.244. The van der Waals surface area contributed by atoms with Gasteiger partial charge >= 0.3 is 0 Å². The summed E-state index contributed by atoms with van der Waals surface area (Å²) in [6.07, 6.45) is 0. The molecule has 1 aliphatic rings. The molecular weight excluding hydrogens is 584 g/mol. The van der Waals surface area contributed by atoms with E-state index in [-0.39, 0.29) is 5.91 Å². The van der Waals surface area contributed by atoms with Crippen LogP contribution in [0.1, 0.15) is 51.9 Å². The van der Waals surface area contributed by atoms with Crippen molar-refractivity contribution in [3.05, 3.63) is 97.2 Å². The van der Waals surface area contributed by atoms with Crippen molar-refractivity contribution in [3.8, 4) is 11.5 Å². The highest BCUT2D eigenvalue weighted by Crippen LogP contribution is 2.43. The van der Waals surface area contributed by atoms with E-state index in [4.69, 9.17) is 9.47 Å². The lowest BCUT2D eigenvalue weighted by Crippen LogP contribution is -2.31. The van der Waals surface area contributed by atoms with Crippen LogP contribution in [-0.2, 0) is 11.4 Å². The van der Waals surface area contributed by atoms with Gasteiger partial charge in [0.05, 0.1) is 17.2 Å². The molecule has 0 aliphatic carbocycles. The normalized spacial score (nSPS) is 14.4. The molecule has 1 atom stereocenters. The van der Waals surface area contributed by atoms with Crippen molar-refractivity contribution in [2.75, 3.05) is 17.7 Å². The van der Waals surface area contributed by atoms with Crippen molar-refractivity contribution >= 4 is 33.5 Å². The number of benzene rings is 3. The van der Waals surface area contributed by atoms with Gasteiger partial charge in [0.2, 0.25) is 5.95 Å². The number of amides is 1. The summed E-state index contributed by atoms with van der Waals surface area (Å²) in [5, 5.41) is 18.5. The summed E-state index contributed by atoms with van der Waals surface area (Å²) in [7, 11) is 1.60. The molecule has 0 saturated heterocycles. The molecular formula is C31H33BrN6O3. The Morgan fingerprint density at radius 1 is 1.02 bits per heavy atom. The van der Waals surface area contributed by atoms with Gasteiger partial charge in [0, 0.05) is 11.4 Å². The van der Waals surface area contributed by atoms with Gasteiger partial charge in [-0.1, -0.05) is 29.4 Å². The summed E-state index contributed by atoms with van der Waals surface area (Å²) in [5.41, 5.74) is 9.48. The number of halogens is 1. The van der Waals surface area contributed by atoms with Crippen LogP contribution in [0.4, 0.5) is 11.6 Å². The van der Waals surface area contributed by atoms with Crippen LogP contribution in [0.15, 0.2) is 58.2 Å². The van der Waals surface area contributed by atoms with Crippen LogP contribution in [0.5, 0.6) is 11.5 Å². The Morgan fingerprint density at radius 3 is 2.54 bits per heavy atom. The molecule has 41 heavy (non-hydrogen) atoms. The fraction of sp³-hybridized carbons (Fsp3) is 0.290. The first-order valence-electron chi connectivity index (χ1n) is 13.3. The largest absolute Gasteiger partial charge is 0.493 e. The van der Waals surface area contributed by atoms with Gasteiger partial charge in [0.25, 0.3) is 5.91 Å². The lowest BCUT2D eigenvalue weighted by molar-refractivity contribution is -0.113. The monoisotopic (exact) mass is 616 g/mol. The standard InChI is InChI=1S/C31H33BrN6O3/c1-16-9-8-10-25(20(16)5)34-30(39)27-21(6)33-31-35-36-37-38(31)28(27)22-13-24(32)29(26(14-22)40-7)41-15-23-12-18(3)17(2)11-19(23)4/h8-14,28H,15H2,1-7H3,(H,34,39)(H,33,35,37). The molecule has 2 N–H and O–H groups in total. The molecule has 0 bridgehead atoms. The zero-order valence-corrected chi connectivity index (χ0v) is 25.8. The van der Waals surface area contributed by atoms with Crippen LogP contribution < -0.4 is 20.1 Å². The minimum Gasteiger partial charge on any atom is -0.493 e. The average Bonchev–Trinajstić information content (AvgIpc) is 3.40. The SMILES string of the molecule is COc1cc(C2C(C(=O)Nc3cccc(C)c3C)=C(C)Nc3nnnn32)cc(Br)c1OCc1cc(C)c(C)cc1C. The van der Waals surface area contributed by atoms with Gasteiger partial charge in [-0.15, -0.1) is 0 Å². The first-order chi connectivity index (χ1) is 19.6. The van der Waals surface area contributed by atoms with Gasteiger partial charge in [-0.25, -0.2) is 0 Å². The molecule has 9 nitrogen and oxygen atoms in total. The first-order valence-corrected chi connectivity index (χ1v) is 14.1. The average molecular weight is 618 g/mol. The third-order valence-corrected chi connectivity index (χ3v) is 8.29. The van der Waals surface area contributed by atoms with E-state index in [0.717, 1.165) is 27.9 Å². The molecule has 2 heterocycles. The van der Waals surface area contributed by atoms with Gasteiger partial charge in [-0.05, 0) is 125 Å². The van der Waals surface area contributed by atoms with Crippen molar-refractivity contribution in [1.29, 1.82) is 0 Å². The number of carbonyl (C=O) groups excluding carboxylic acids is 1. The van der Waals surface area contributed by atoms with Crippen LogP contribution in [0.3, 0.4) is 0 Å². The van der Waals surface area contributed by atoms with Crippen LogP contribution >= 0.6 is 15.9 Å². The third-order valence-electron chi connectivity index (χ3n) is 7.70. The third kappa shape index (κ3) is 5.44. The maximum Gasteiger partial charge on any atom is 0.255 e. The molecule has 4 aromatic rings. The zero-order valence-electron chi connectivity index (χ0n) is 24.2. The number of nitrogens with zero attached hydrogens (tertiary/aromatic N) is 4. The number of methoxy groups -OCH3 is 1. The van der Waals surface area contributed by atoms with E-state index in [1.54, 1.807) is 11.8 Å². The molecule has 0 fully saturated rings. The zero-order chi connectivity index (χ0) is 29.4. The molecule has 1 amide bonds. The minimum absolute atomic E-state index is 0.254. The lowest BCUT2D eigenvalue weighted by Gasteiger charge is -2.29. The van der Waals surface area contributed by atoms with Crippen molar-refractivity contribution in [2.24, 2.45) is 0 Å². The number of fused-ring (bicyclic) bond motifs is 1. The molecule has 0 saturated carbocycles. The fourth-order valence-electron chi connectivity index (χ4n) is 5.05. The number of rotatable bonds is 7. The van der Waals surface area contributed by atoms with E-state index < -0.39 is 6.04 Å². The molecule has 10 heteroatoms. The molecule has 1 aromatic heterocycles. The Bertz CT molecular complexity index is 1690. The highest BCUT2D eigenvalue weighted by Gasteiger charge is 2.35. The summed E-state index contributed by atoms with van der Waals surface area (Å²) < 4.78 is 14.4. The number of carbonyl (C=O) groups is 1. The maximum absolute atomic E-state index is 13.8. The summed E-state index contributed by atoms with van der Waals surface area (Å²) in [4.78, 5) is 13.8. The van der Waals surface area contributed by atoms with Gasteiger partial charge in [0.1, 0.15) is 12.6 Å². The highest BCUT2D eigenvalue weighted by atomic mass is 79.9. The van der Waals surface area contributed by atoms with Crippen LogP contribution in [0.25, 0.3) is 0 Å². The Hall–Kier alpha value is -4.18. The molecule has 1 unspecified atom stereocenters. The number of allylic oxidation sites excluding steroid dienone is 1. The summed E-state index contributed by atoms with van der Waals surface area (Å²) >= 11 is 3.70. The first kappa shape index (κ1) is 28.4. The Kier molecular flexibility index (Phi) is 7.86. The number of hydrogen-bond acceptors (Lipinski definition) is 7. The highest BCUT2D eigenvalue weighted by molar-refractivity contribution is 9.10. The summed E-state index contributed by atoms with van der Waals surface area (Å²) in [6.45, 7) is 12.5. The van der Waals surface area contributed by atoms with E-state index in [1.165, 1.54) is 16.7 Å². The van der Waals surface area contributed by atoms with E-state index in [9.17, 15) is 4.79 Å². The second-order valence-corrected chi connectivity index (χ2v) is 11.3. The van der Waals surface area contributed by atoms with Crippen molar-refractivity contribution in [3.63, 3.8) is 0 Å². The number of aryl methyl sites for hydroxylation is 4. The number of aromatic nitrogens is 4. The maximum atomic E-state index is 13.8. The fourth-order valence-corrected chi connectivity index (χ4v) is 5.63. The van der Waals surface area contributed by atoms with Crippen LogP contribution in [0, 0.1) is 34.6 Å². The Labute approximate surface area is 248 Å². The molecule has 3 aromatic carbocycles. The van der Waals surface area contributed by atoms with Gasteiger partial charge in [-0.3, -0.25) is 4.79 Å². The predicted molar refractivity (Wildman–Crippen MR) is 163 cm³/mol. The van der Waals surface area contributed by atoms with Gasteiger partial charge in [0.15, 0.2) is 11.5 Å². The van der Waals surface area contributed by atoms with E-state index in [0.29, 0.717) is 39.8 Å². The molecule has 5 rings (SSSR count).